The van der Waals surface area contributed by atoms with Crippen LogP contribution in [0.1, 0.15) is 156 Å². The van der Waals surface area contributed by atoms with Gasteiger partial charge in [-0.1, -0.05) is 109 Å². The summed E-state index contributed by atoms with van der Waals surface area (Å²) < 4.78 is 0. The van der Waals surface area contributed by atoms with Gasteiger partial charge in [-0.15, -0.1) is 0 Å². The van der Waals surface area contributed by atoms with Crippen molar-refractivity contribution < 1.29 is 63.0 Å². The maximum absolute atomic E-state index is 15.1. The van der Waals surface area contributed by atoms with Crippen molar-refractivity contribution in [2.75, 3.05) is 55.9 Å². The van der Waals surface area contributed by atoms with E-state index < -0.39 is 144 Å². The summed E-state index contributed by atoms with van der Waals surface area (Å²) in [4.78, 5) is 163. The van der Waals surface area contributed by atoms with Gasteiger partial charge < -0.3 is 66.2 Å². The molecule has 0 radical (unpaired) electrons. The van der Waals surface area contributed by atoms with Crippen LogP contribution < -0.4 is 21.7 Å². The minimum absolute atomic E-state index is 0.0136. The molecule has 0 aliphatic heterocycles. The highest BCUT2D eigenvalue weighted by atomic mass is 16.3. The number of primary amides is 1. The van der Waals surface area contributed by atoms with E-state index in [1.54, 1.807) is 60.7 Å². The maximum atomic E-state index is 15.1. The predicted octanol–water partition coefficient (Wildman–Crippen LogP) is 2.62. The molecule has 0 saturated heterocycles. The fraction of sp³-hybridized carbons (Fsp3) is 0.790. The number of carbonyl (C=O) groups excluding carboxylic acids is 11. The SMILES string of the molecule is C/C=C\C[C@@H](C)[C@H](O)C(C(=O)N[C@@H](CC)C(=O)N(C)CC(=O)N(C)C(C(N)=O)[C@H](C)O)N(C)C(=O)[C@@H](C(C)C)N(C)C(=O)[C@@H](CC(C)C)N(C)C(=O)[C@@H](CC(C)C)N(C)C(=O)[C@H](C)NC(=O)C(CC)NC(=O)[C@H](CC(C)C)N(C)C(=O)[C@@H](C)C(C)C. The van der Waals surface area contributed by atoms with Crippen molar-refractivity contribution in [2.24, 2.45) is 47.2 Å². The fourth-order valence-corrected chi connectivity index (χ4v) is 10.4. The van der Waals surface area contributed by atoms with Gasteiger partial charge in [0, 0.05) is 55.3 Å². The maximum Gasteiger partial charge on any atom is 0.246 e. The molecule has 0 aliphatic carbocycles. The molecule has 0 spiro atoms. The molecular formula is C62H113N11O13. The lowest BCUT2D eigenvalue weighted by Crippen LogP contribution is -2.63. The number of aliphatic hydroxyl groups is 2. The Kier molecular flexibility index (Phi) is 34.2. The molecule has 11 amide bonds. The lowest BCUT2D eigenvalue weighted by molar-refractivity contribution is -0.157. The molecule has 7 N–H and O–H groups in total. The number of likely N-dealkylation sites (N-methyl/N-ethyl adjacent to an activating group) is 7. The number of hydrogen-bond acceptors (Lipinski definition) is 13. The highest BCUT2D eigenvalue weighted by Crippen LogP contribution is 2.25. The minimum Gasteiger partial charge on any atom is -0.391 e. The van der Waals surface area contributed by atoms with Crippen LogP contribution in [-0.4, -0.2) is 232 Å². The van der Waals surface area contributed by atoms with Gasteiger partial charge in [-0.25, -0.2) is 0 Å². The van der Waals surface area contributed by atoms with Crippen molar-refractivity contribution in [1.82, 2.24) is 50.2 Å². The number of nitrogens with two attached hydrogens (primary N) is 1. The first-order valence-electron chi connectivity index (χ1n) is 30.6. The molecule has 3 unspecified atom stereocenters. The molecule has 0 aromatic carbocycles. The van der Waals surface area contributed by atoms with Gasteiger partial charge in [-0.05, 0) is 94.8 Å². The summed E-state index contributed by atoms with van der Waals surface area (Å²) in [6.45, 7) is 29.4. The third-order valence-electron chi connectivity index (χ3n) is 16.2. The zero-order valence-corrected chi connectivity index (χ0v) is 56.6. The highest BCUT2D eigenvalue weighted by Gasteiger charge is 2.45. The zero-order valence-electron chi connectivity index (χ0n) is 56.6. The molecule has 0 aromatic rings. The summed E-state index contributed by atoms with van der Waals surface area (Å²) in [6.07, 6.45) is 1.83. The fourth-order valence-electron chi connectivity index (χ4n) is 10.4. The van der Waals surface area contributed by atoms with Crippen LogP contribution in [0.5, 0.6) is 0 Å². The molecule has 0 bridgehead atoms. The molecular weight excluding hydrogens is 1110 g/mol. The molecule has 13 atom stereocenters. The number of hydrogen-bond donors (Lipinski definition) is 6. The van der Waals surface area contributed by atoms with E-state index in [1.807, 2.05) is 62.3 Å². The van der Waals surface area contributed by atoms with Crippen molar-refractivity contribution in [1.29, 1.82) is 0 Å². The first-order valence-corrected chi connectivity index (χ1v) is 30.6. The van der Waals surface area contributed by atoms with Crippen molar-refractivity contribution in [3.8, 4) is 0 Å². The van der Waals surface area contributed by atoms with E-state index >= 15 is 9.59 Å². The van der Waals surface area contributed by atoms with Crippen molar-refractivity contribution in [3.05, 3.63) is 12.2 Å². The Bertz CT molecular complexity index is 2310. The van der Waals surface area contributed by atoms with Crippen LogP contribution in [0.25, 0.3) is 0 Å². The summed E-state index contributed by atoms with van der Waals surface area (Å²) in [6, 6.07) is -11.0. The number of amides is 11. The van der Waals surface area contributed by atoms with Crippen LogP contribution >= 0.6 is 0 Å². The smallest absolute Gasteiger partial charge is 0.246 e. The average Bonchev–Trinajstić information content (AvgIpc) is 1.55. The van der Waals surface area contributed by atoms with Crippen molar-refractivity contribution in [2.45, 2.75) is 223 Å². The molecule has 86 heavy (non-hydrogen) atoms. The number of nitrogens with zero attached hydrogens (tertiary/aromatic N) is 7. The number of carbonyl (C=O) groups is 11. The number of allylic oxidation sites excluding steroid dienone is 2. The summed E-state index contributed by atoms with van der Waals surface area (Å²) in [5, 5.41) is 30.3. The molecule has 0 aliphatic rings. The summed E-state index contributed by atoms with van der Waals surface area (Å²) in [7, 11) is 9.80. The first kappa shape index (κ1) is 79.8. The van der Waals surface area contributed by atoms with Gasteiger partial charge in [0.2, 0.25) is 65.0 Å². The minimum atomic E-state index is -1.63. The monoisotopic (exact) mass is 1220 g/mol. The van der Waals surface area contributed by atoms with Crippen LogP contribution in [0.3, 0.4) is 0 Å². The lowest BCUT2D eigenvalue weighted by Gasteiger charge is -2.41. The van der Waals surface area contributed by atoms with Crippen LogP contribution in [0.4, 0.5) is 0 Å². The van der Waals surface area contributed by atoms with Gasteiger partial charge in [-0.3, -0.25) is 52.7 Å². The lowest BCUT2D eigenvalue weighted by atomic mass is 9.91. The molecule has 0 heterocycles. The van der Waals surface area contributed by atoms with E-state index in [9.17, 15) is 53.4 Å². The Morgan fingerprint density at radius 3 is 1.31 bits per heavy atom. The Morgan fingerprint density at radius 1 is 0.465 bits per heavy atom. The third-order valence-corrected chi connectivity index (χ3v) is 16.2. The topological polar surface area (TPSA) is 313 Å². The van der Waals surface area contributed by atoms with Gasteiger partial charge in [0.15, 0.2) is 0 Å². The highest BCUT2D eigenvalue weighted by molar-refractivity contribution is 5.99. The molecule has 0 saturated carbocycles. The van der Waals surface area contributed by atoms with Gasteiger partial charge in [0.25, 0.3) is 0 Å². The van der Waals surface area contributed by atoms with E-state index in [1.165, 1.54) is 75.7 Å². The largest absolute Gasteiger partial charge is 0.391 e. The molecule has 0 rings (SSSR count). The Labute approximate surface area is 514 Å². The van der Waals surface area contributed by atoms with Crippen LogP contribution in [0.2, 0.25) is 0 Å². The van der Waals surface area contributed by atoms with E-state index in [4.69, 9.17) is 5.73 Å². The molecule has 24 nitrogen and oxygen atoms in total. The average molecular weight is 1220 g/mol. The number of rotatable bonds is 36. The van der Waals surface area contributed by atoms with Gasteiger partial charge >= 0.3 is 0 Å². The normalized spacial score (nSPS) is 16.3. The first-order chi connectivity index (χ1) is 39.6. The molecule has 24 heteroatoms. The standard InChI is InChI=1S/C62H113N11O13/c1-25-28-29-39(14)52(76)51(56(80)66-44(27-3)59(83)67(18)33-48(75)71(22)50(42(17)74)53(63)77)73(24)62(86)49(38(12)13)72(23)61(85)47(32-36(8)9)70(21)60(84)46(31-35(6)7)69(20)58(82)41(16)64-54(78)43(26-2)65-55(79)45(30-34(4)5)68(19)57(81)40(15)37(10)11/h25,28,34-47,49-52,74,76H,26-27,29-33H2,1-24H3,(H2,63,77)(H,64,78)(H,65,79)(H,66,80)/b28-25-/t39-,40+,41+,42+,43?,44+,45+,46-,47-,49-,50?,51?,52+/m1/s1. The Morgan fingerprint density at radius 2 is 0.895 bits per heavy atom. The second-order valence-corrected chi connectivity index (χ2v) is 25.6. The summed E-state index contributed by atoms with van der Waals surface area (Å²) in [5.41, 5.74) is 5.42. The second kappa shape index (κ2) is 36.9. The van der Waals surface area contributed by atoms with E-state index in [0.717, 1.165) is 14.7 Å². The van der Waals surface area contributed by atoms with Crippen molar-refractivity contribution >= 4 is 65.0 Å². The van der Waals surface area contributed by atoms with Gasteiger partial charge in [-0.2, -0.15) is 0 Å². The van der Waals surface area contributed by atoms with E-state index in [2.05, 4.69) is 16.0 Å². The predicted molar refractivity (Wildman–Crippen MR) is 332 cm³/mol. The Balaban J connectivity index is 7.12. The molecule has 0 fully saturated rings. The summed E-state index contributed by atoms with van der Waals surface area (Å²) >= 11 is 0. The zero-order chi connectivity index (χ0) is 67.3. The quantitative estimate of drug-likeness (QED) is 0.0493. The number of aliphatic hydroxyl groups excluding tert-OH is 2. The molecule has 0 aromatic heterocycles. The molecule has 494 valence electrons. The summed E-state index contributed by atoms with van der Waals surface area (Å²) in [5.74, 6) is -9.05. The van der Waals surface area contributed by atoms with Crippen LogP contribution in [0.15, 0.2) is 12.2 Å². The van der Waals surface area contributed by atoms with Crippen molar-refractivity contribution in [3.63, 3.8) is 0 Å². The van der Waals surface area contributed by atoms with Crippen LogP contribution in [-0.2, 0) is 52.7 Å². The van der Waals surface area contributed by atoms with E-state index in [-0.39, 0.29) is 61.2 Å². The van der Waals surface area contributed by atoms with Crippen LogP contribution in [0, 0.1) is 41.4 Å². The van der Waals surface area contributed by atoms with Gasteiger partial charge in [0.05, 0.1) is 18.8 Å². The Hall–Kier alpha value is -6.17. The van der Waals surface area contributed by atoms with Gasteiger partial charge in [0.1, 0.15) is 54.4 Å². The van der Waals surface area contributed by atoms with E-state index in [0.29, 0.717) is 12.8 Å². The number of nitrogens with one attached hydrogen (secondary N) is 3. The third kappa shape index (κ3) is 22.8. The second-order valence-electron chi connectivity index (χ2n) is 25.6.